The van der Waals surface area contributed by atoms with Crippen LogP contribution in [0.15, 0.2) is 12.3 Å². The fourth-order valence-corrected chi connectivity index (χ4v) is 5.49. The van der Waals surface area contributed by atoms with Gasteiger partial charge in [-0.1, -0.05) is 19.3 Å². The standard InChI is InChI=1S/C22H33N3O3/c1-27-19-9-12-23-18(20(19)28-2)15-24-14-11-22(16-24)10-6-13-25(21(22)26)17-7-4-3-5-8-17/h9,12,17H,3-8,10-11,13-16H2,1-2H3/t22-/m0/s1. The molecule has 3 heterocycles. The first-order chi connectivity index (χ1) is 13.7. The molecule has 0 aromatic carbocycles. The smallest absolute Gasteiger partial charge is 0.230 e. The Kier molecular flexibility index (Phi) is 5.76. The number of likely N-dealkylation sites (tertiary alicyclic amines) is 2. The Morgan fingerprint density at radius 3 is 2.68 bits per heavy atom. The van der Waals surface area contributed by atoms with Gasteiger partial charge in [0, 0.05) is 37.9 Å². The van der Waals surface area contributed by atoms with E-state index in [0.29, 0.717) is 30.0 Å². The maximum Gasteiger partial charge on any atom is 0.230 e. The lowest BCUT2D eigenvalue weighted by Gasteiger charge is -2.44. The van der Waals surface area contributed by atoms with Crippen LogP contribution in [-0.4, -0.2) is 60.6 Å². The maximum atomic E-state index is 13.5. The lowest BCUT2D eigenvalue weighted by molar-refractivity contribution is -0.149. The van der Waals surface area contributed by atoms with Gasteiger partial charge in [-0.15, -0.1) is 0 Å². The molecule has 1 amide bonds. The molecule has 154 valence electrons. The van der Waals surface area contributed by atoms with Crippen LogP contribution >= 0.6 is 0 Å². The Balaban J connectivity index is 1.46. The minimum atomic E-state index is -0.193. The van der Waals surface area contributed by atoms with Crippen LogP contribution in [-0.2, 0) is 11.3 Å². The molecule has 1 saturated carbocycles. The average Bonchev–Trinajstić information content (AvgIpc) is 3.14. The zero-order valence-corrected chi connectivity index (χ0v) is 17.3. The Hall–Kier alpha value is -1.82. The van der Waals surface area contributed by atoms with Gasteiger partial charge in [0.1, 0.15) is 5.69 Å². The second kappa shape index (κ2) is 8.27. The number of piperidine rings is 1. The van der Waals surface area contributed by atoms with Crippen molar-refractivity contribution in [3.05, 3.63) is 18.0 Å². The number of methoxy groups -OCH3 is 2. The van der Waals surface area contributed by atoms with Crippen LogP contribution in [0.4, 0.5) is 0 Å². The Labute approximate surface area is 168 Å². The maximum absolute atomic E-state index is 13.5. The van der Waals surface area contributed by atoms with E-state index < -0.39 is 0 Å². The van der Waals surface area contributed by atoms with E-state index in [2.05, 4.69) is 14.8 Å². The van der Waals surface area contributed by atoms with Crippen molar-refractivity contribution in [3.8, 4) is 11.5 Å². The number of ether oxygens (including phenoxy) is 2. The number of nitrogens with zero attached hydrogens (tertiary/aromatic N) is 3. The second-order valence-corrected chi connectivity index (χ2v) is 8.63. The highest BCUT2D eigenvalue weighted by molar-refractivity contribution is 5.84. The molecular weight excluding hydrogens is 354 g/mol. The van der Waals surface area contributed by atoms with Crippen molar-refractivity contribution in [2.75, 3.05) is 33.9 Å². The lowest BCUT2D eigenvalue weighted by atomic mass is 9.77. The third-order valence-electron chi connectivity index (χ3n) is 6.96. The summed E-state index contributed by atoms with van der Waals surface area (Å²) in [6, 6.07) is 2.30. The first kappa shape index (κ1) is 19.5. The van der Waals surface area contributed by atoms with Crippen LogP contribution in [0, 0.1) is 5.41 Å². The number of pyridine rings is 1. The average molecular weight is 388 g/mol. The summed E-state index contributed by atoms with van der Waals surface area (Å²) in [5.41, 5.74) is 0.688. The normalized spacial score (nSPS) is 26.8. The molecule has 0 bridgehead atoms. The van der Waals surface area contributed by atoms with Gasteiger partial charge in [-0.05, 0) is 38.6 Å². The molecule has 1 aromatic heterocycles. The van der Waals surface area contributed by atoms with Crippen molar-refractivity contribution in [2.24, 2.45) is 5.41 Å². The molecule has 0 radical (unpaired) electrons. The van der Waals surface area contributed by atoms with E-state index >= 15 is 0 Å². The van der Waals surface area contributed by atoms with Crippen LogP contribution in [0.25, 0.3) is 0 Å². The van der Waals surface area contributed by atoms with E-state index in [1.165, 1.54) is 32.1 Å². The van der Waals surface area contributed by atoms with Gasteiger partial charge in [0.25, 0.3) is 0 Å². The van der Waals surface area contributed by atoms with Gasteiger partial charge in [0.05, 0.1) is 19.6 Å². The van der Waals surface area contributed by atoms with Gasteiger partial charge in [0.2, 0.25) is 5.91 Å². The number of carbonyl (C=O) groups is 1. The quantitative estimate of drug-likeness (QED) is 0.776. The SMILES string of the molecule is COc1ccnc(CN2CC[C@@]3(CCCN(C4CCCCC4)C3=O)C2)c1OC. The summed E-state index contributed by atoms with van der Waals surface area (Å²) in [6.45, 7) is 3.42. The van der Waals surface area contributed by atoms with Crippen molar-refractivity contribution in [3.63, 3.8) is 0 Å². The molecule has 0 N–H and O–H groups in total. The topological polar surface area (TPSA) is 54.9 Å². The molecule has 3 aliphatic rings. The number of rotatable bonds is 5. The highest BCUT2D eigenvalue weighted by Gasteiger charge is 2.49. The summed E-state index contributed by atoms with van der Waals surface area (Å²) >= 11 is 0. The van der Waals surface area contributed by atoms with Crippen LogP contribution in [0.1, 0.15) is 57.1 Å². The fourth-order valence-electron chi connectivity index (χ4n) is 5.49. The number of amides is 1. The minimum Gasteiger partial charge on any atom is -0.493 e. The third-order valence-corrected chi connectivity index (χ3v) is 6.96. The van der Waals surface area contributed by atoms with Crippen LogP contribution in [0.5, 0.6) is 11.5 Å². The highest BCUT2D eigenvalue weighted by atomic mass is 16.5. The summed E-state index contributed by atoms with van der Waals surface area (Å²) in [6.07, 6.45) is 11.1. The molecule has 0 unspecified atom stereocenters. The van der Waals surface area contributed by atoms with Crippen molar-refractivity contribution >= 4 is 5.91 Å². The number of aromatic nitrogens is 1. The largest absolute Gasteiger partial charge is 0.493 e. The molecule has 1 aromatic rings. The Bertz CT molecular complexity index is 704. The monoisotopic (exact) mass is 387 g/mol. The van der Waals surface area contributed by atoms with Crippen molar-refractivity contribution in [1.82, 2.24) is 14.8 Å². The van der Waals surface area contributed by atoms with Gasteiger partial charge in [-0.25, -0.2) is 0 Å². The highest BCUT2D eigenvalue weighted by Crippen LogP contribution is 2.43. The summed E-state index contributed by atoms with van der Waals surface area (Å²) in [5, 5.41) is 0. The lowest BCUT2D eigenvalue weighted by Crippen LogP contribution is -2.54. The van der Waals surface area contributed by atoms with E-state index in [1.807, 2.05) is 6.07 Å². The number of carbonyl (C=O) groups excluding carboxylic acids is 1. The molecule has 6 heteroatoms. The molecule has 28 heavy (non-hydrogen) atoms. The summed E-state index contributed by atoms with van der Waals surface area (Å²) in [4.78, 5) is 22.6. The molecule has 3 fully saturated rings. The predicted molar refractivity (Wildman–Crippen MR) is 107 cm³/mol. The predicted octanol–water partition coefficient (Wildman–Crippen LogP) is 3.25. The van der Waals surface area contributed by atoms with Gasteiger partial charge >= 0.3 is 0 Å². The first-order valence-corrected chi connectivity index (χ1v) is 10.8. The third kappa shape index (κ3) is 3.59. The van der Waals surface area contributed by atoms with E-state index in [0.717, 1.165) is 44.6 Å². The van der Waals surface area contributed by atoms with Crippen molar-refractivity contribution in [2.45, 2.75) is 64.0 Å². The van der Waals surface area contributed by atoms with E-state index in [9.17, 15) is 4.79 Å². The molecule has 2 saturated heterocycles. The van der Waals surface area contributed by atoms with Crippen LogP contribution in [0.3, 0.4) is 0 Å². The Morgan fingerprint density at radius 2 is 1.93 bits per heavy atom. The van der Waals surface area contributed by atoms with E-state index in [4.69, 9.17) is 9.47 Å². The first-order valence-electron chi connectivity index (χ1n) is 10.8. The zero-order valence-electron chi connectivity index (χ0n) is 17.3. The van der Waals surface area contributed by atoms with Gasteiger partial charge in [-0.3, -0.25) is 14.7 Å². The zero-order chi connectivity index (χ0) is 19.6. The van der Waals surface area contributed by atoms with Crippen LogP contribution in [0.2, 0.25) is 0 Å². The van der Waals surface area contributed by atoms with E-state index in [1.54, 1.807) is 20.4 Å². The molecular formula is C22H33N3O3. The van der Waals surface area contributed by atoms with Gasteiger partial charge < -0.3 is 14.4 Å². The molecule has 1 spiro atoms. The van der Waals surface area contributed by atoms with Gasteiger partial charge in [-0.2, -0.15) is 0 Å². The summed E-state index contributed by atoms with van der Waals surface area (Å²) < 4.78 is 10.9. The Morgan fingerprint density at radius 1 is 1.11 bits per heavy atom. The molecule has 1 aliphatic carbocycles. The van der Waals surface area contributed by atoms with Crippen LogP contribution < -0.4 is 9.47 Å². The molecule has 4 rings (SSSR count). The second-order valence-electron chi connectivity index (χ2n) is 8.63. The minimum absolute atomic E-state index is 0.193. The number of hydrogen-bond donors (Lipinski definition) is 0. The fraction of sp³-hybridized carbons (Fsp3) is 0.727. The van der Waals surface area contributed by atoms with Crippen molar-refractivity contribution < 1.29 is 14.3 Å². The summed E-state index contributed by atoms with van der Waals surface area (Å²) in [5.74, 6) is 1.82. The van der Waals surface area contributed by atoms with Crippen molar-refractivity contribution in [1.29, 1.82) is 0 Å². The van der Waals surface area contributed by atoms with E-state index in [-0.39, 0.29) is 5.41 Å². The van der Waals surface area contributed by atoms with Gasteiger partial charge in [0.15, 0.2) is 11.5 Å². The molecule has 6 nitrogen and oxygen atoms in total. The molecule has 2 aliphatic heterocycles. The molecule has 1 atom stereocenters. The summed E-state index contributed by atoms with van der Waals surface area (Å²) in [7, 11) is 3.30. The number of hydrogen-bond acceptors (Lipinski definition) is 5.